The van der Waals surface area contributed by atoms with E-state index >= 15 is 0 Å². The molecule has 172 valence electrons. The van der Waals surface area contributed by atoms with Crippen molar-refractivity contribution >= 4 is 23.5 Å². The van der Waals surface area contributed by atoms with Gasteiger partial charge in [-0.3, -0.25) is 4.79 Å². The van der Waals surface area contributed by atoms with Gasteiger partial charge in [-0.15, -0.1) is 10.2 Å². The van der Waals surface area contributed by atoms with Gasteiger partial charge in [0, 0.05) is 12.2 Å². The first kappa shape index (κ1) is 23.3. The zero-order valence-electron chi connectivity index (χ0n) is 19.4. The fourth-order valence-electron chi connectivity index (χ4n) is 3.81. The van der Waals surface area contributed by atoms with Gasteiger partial charge in [0.25, 0.3) is 0 Å². The number of benzene rings is 2. The molecule has 2 aromatic carbocycles. The number of hydrogen-bond donors (Lipinski definition) is 1. The first-order valence-corrected chi connectivity index (χ1v) is 12.0. The van der Waals surface area contributed by atoms with Crippen molar-refractivity contribution in [3.05, 3.63) is 94.4 Å². The Hall–Kier alpha value is -3.83. The monoisotopic (exact) mass is 470 g/mol. The molecule has 0 bridgehead atoms. The number of anilines is 1. The van der Waals surface area contributed by atoms with Crippen LogP contribution in [0.4, 0.5) is 5.82 Å². The summed E-state index contributed by atoms with van der Waals surface area (Å²) in [6, 6.07) is 22.3. The average molecular weight is 471 g/mol. The van der Waals surface area contributed by atoms with E-state index in [4.69, 9.17) is 0 Å². The minimum atomic E-state index is -0.194. The average Bonchev–Trinajstić information content (AvgIpc) is 3.30. The molecule has 0 unspecified atom stereocenters. The molecular formula is C26H26N6OS. The SMILES string of the molecule is Cc1c(C#N)c(NC(=O)CSc2nnc(C)n2Cc2ccccc2)n(Cc2ccccc2)c1C. The number of nitrogens with zero attached hydrogens (tertiary/aromatic N) is 5. The fraction of sp³-hybridized carbons (Fsp3) is 0.231. The summed E-state index contributed by atoms with van der Waals surface area (Å²) in [6.07, 6.45) is 0. The van der Waals surface area contributed by atoms with E-state index in [1.54, 1.807) is 0 Å². The molecule has 4 rings (SSSR count). The second-order valence-corrected chi connectivity index (χ2v) is 9.00. The molecule has 0 fully saturated rings. The Bertz CT molecular complexity index is 1340. The van der Waals surface area contributed by atoms with Crippen LogP contribution in [0.25, 0.3) is 0 Å². The number of carbonyl (C=O) groups excluding carboxylic acids is 1. The van der Waals surface area contributed by atoms with Crippen LogP contribution in [-0.2, 0) is 17.9 Å². The van der Waals surface area contributed by atoms with Gasteiger partial charge in [-0.05, 0) is 37.5 Å². The number of aromatic nitrogens is 4. The van der Waals surface area contributed by atoms with Crippen LogP contribution in [0.1, 0.15) is 33.8 Å². The molecular weight excluding hydrogens is 444 g/mol. The highest BCUT2D eigenvalue weighted by Crippen LogP contribution is 2.28. The van der Waals surface area contributed by atoms with Gasteiger partial charge in [-0.1, -0.05) is 72.4 Å². The highest BCUT2D eigenvalue weighted by atomic mass is 32.2. The molecule has 0 spiro atoms. The molecule has 0 aliphatic rings. The first-order chi connectivity index (χ1) is 16.5. The second kappa shape index (κ2) is 10.4. The van der Waals surface area contributed by atoms with Crippen molar-refractivity contribution in [3.8, 4) is 6.07 Å². The number of nitrogens with one attached hydrogen (secondary N) is 1. The maximum atomic E-state index is 12.9. The van der Waals surface area contributed by atoms with E-state index in [2.05, 4.69) is 33.7 Å². The Labute approximate surface area is 203 Å². The molecule has 7 nitrogen and oxygen atoms in total. The van der Waals surface area contributed by atoms with Crippen LogP contribution in [0.2, 0.25) is 0 Å². The van der Waals surface area contributed by atoms with E-state index < -0.39 is 0 Å². The Morgan fingerprint density at radius 2 is 1.53 bits per heavy atom. The van der Waals surface area contributed by atoms with Crippen molar-refractivity contribution in [2.24, 2.45) is 0 Å². The van der Waals surface area contributed by atoms with Gasteiger partial charge in [0.2, 0.25) is 5.91 Å². The lowest BCUT2D eigenvalue weighted by molar-refractivity contribution is -0.113. The summed E-state index contributed by atoms with van der Waals surface area (Å²) < 4.78 is 3.99. The molecule has 1 amide bonds. The molecule has 1 N–H and O–H groups in total. The van der Waals surface area contributed by atoms with Crippen LogP contribution in [-0.4, -0.2) is 31.0 Å². The maximum Gasteiger partial charge on any atom is 0.235 e. The summed E-state index contributed by atoms with van der Waals surface area (Å²) >= 11 is 1.33. The van der Waals surface area contributed by atoms with E-state index in [1.807, 2.05) is 78.4 Å². The highest BCUT2D eigenvalue weighted by molar-refractivity contribution is 7.99. The van der Waals surface area contributed by atoms with Crippen molar-refractivity contribution in [1.82, 2.24) is 19.3 Å². The van der Waals surface area contributed by atoms with Crippen LogP contribution >= 0.6 is 11.8 Å². The normalized spacial score (nSPS) is 10.8. The third-order valence-electron chi connectivity index (χ3n) is 5.80. The van der Waals surface area contributed by atoms with Gasteiger partial charge in [0.15, 0.2) is 5.16 Å². The van der Waals surface area contributed by atoms with E-state index in [0.717, 1.165) is 28.2 Å². The van der Waals surface area contributed by atoms with E-state index in [1.165, 1.54) is 11.8 Å². The van der Waals surface area contributed by atoms with E-state index in [-0.39, 0.29) is 11.7 Å². The molecule has 0 saturated heterocycles. The summed E-state index contributed by atoms with van der Waals surface area (Å²) in [7, 11) is 0. The minimum absolute atomic E-state index is 0.159. The molecule has 0 aliphatic heterocycles. The summed E-state index contributed by atoms with van der Waals surface area (Å²) in [5.74, 6) is 1.29. The molecule has 8 heteroatoms. The molecule has 34 heavy (non-hydrogen) atoms. The first-order valence-electron chi connectivity index (χ1n) is 11.0. The number of thioether (sulfide) groups is 1. The lowest BCUT2D eigenvalue weighted by Gasteiger charge is -2.13. The van der Waals surface area contributed by atoms with Gasteiger partial charge in [-0.2, -0.15) is 5.26 Å². The molecule has 2 heterocycles. The Morgan fingerprint density at radius 3 is 2.12 bits per heavy atom. The second-order valence-electron chi connectivity index (χ2n) is 8.06. The number of amides is 1. The van der Waals surface area contributed by atoms with Gasteiger partial charge < -0.3 is 14.5 Å². The van der Waals surface area contributed by atoms with Gasteiger partial charge in [0.1, 0.15) is 17.7 Å². The Balaban J connectivity index is 1.50. The summed E-state index contributed by atoms with van der Waals surface area (Å²) in [5, 5.41) is 21.9. The summed E-state index contributed by atoms with van der Waals surface area (Å²) in [5.41, 5.74) is 4.57. The summed E-state index contributed by atoms with van der Waals surface area (Å²) in [4.78, 5) is 12.9. The van der Waals surface area contributed by atoms with Crippen molar-refractivity contribution in [2.75, 3.05) is 11.1 Å². The van der Waals surface area contributed by atoms with E-state index in [0.29, 0.717) is 29.6 Å². The summed E-state index contributed by atoms with van der Waals surface area (Å²) in [6.45, 7) is 7.00. The number of nitriles is 1. The molecule has 0 atom stereocenters. The predicted molar refractivity (Wildman–Crippen MR) is 134 cm³/mol. The third kappa shape index (κ3) is 5.05. The minimum Gasteiger partial charge on any atom is -0.326 e. The van der Waals surface area contributed by atoms with Gasteiger partial charge >= 0.3 is 0 Å². The Morgan fingerprint density at radius 1 is 0.941 bits per heavy atom. The van der Waals surface area contributed by atoms with Crippen LogP contribution in [0, 0.1) is 32.1 Å². The van der Waals surface area contributed by atoms with Crippen molar-refractivity contribution in [3.63, 3.8) is 0 Å². The van der Waals surface area contributed by atoms with E-state index in [9.17, 15) is 10.1 Å². The molecule has 4 aromatic rings. The molecule has 2 aromatic heterocycles. The lowest BCUT2D eigenvalue weighted by Crippen LogP contribution is -2.19. The van der Waals surface area contributed by atoms with Crippen LogP contribution in [0.3, 0.4) is 0 Å². The van der Waals surface area contributed by atoms with Crippen molar-refractivity contribution < 1.29 is 4.79 Å². The quantitative estimate of drug-likeness (QED) is 0.377. The lowest BCUT2D eigenvalue weighted by atomic mass is 10.2. The van der Waals surface area contributed by atoms with Gasteiger partial charge in [0.05, 0.1) is 17.9 Å². The third-order valence-corrected chi connectivity index (χ3v) is 6.77. The predicted octanol–water partition coefficient (Wildman–Crippen LogP) is 4.70. The number of rotatable bonds is 8. The topological polar surface area (TPSA) is 88.5 Å². The van der Waals surface area contributed by atoms with Crippen LogP contribution < -0.4 is 5.32 Å². The zero-order valence-corrected chi connectivity index (χ0v) is 20.3. The number of hydrogen-bond acceptors (Lipinski definition) is 5. The smallest absolute Gasteiger partial charge is 0.235 e. The largest absolute Gasteiger partial charge is 0.326 e. The number of aryl methyl sites for hydroxylation is 1. The van der Waals surface area contributed by atoms with Crippen LogP contribution in [0.15, 0.2) is 65.8 Å². The highest BCUT2D eigenvalue weighted by Gasteiger charge is 2.20. The Kier molecular flexibility index (Phi) is 7.14. The van der Waals surface area contributed by atoms with Crippen molar-refractivity contribution in [1.29, 1.82) is 5.26 Å². The van der Waals surface area contributed by atoms with Crippen LogP contribution in [0.5, 0.6) is 0 Å². The zero-order chi connectivity index (χ0) is 24.1. The molecule has 0 aliphatic carbocycles. The maximum absolute atomic E-state index is 12.9. The number of carbonyl (C=O) groups is 1. The van der Waals surface area contributed by atoms with Crippen molar-refractivity contribution in [2.45, 2.75) is 39.0 Å². The molecule has 0 radical (unpaired) electrons. The molecule has 0 saturated carbocycles. The fourth-order valence-corrected chi connectivity index (χ4v) is 4.59. The van der Waals surface area contributed by atoms with Gasteiger partial charge in [-0.25, -0.2) is 0 Å². The standard InChI is InChI=1S/C26H26N6OS/c1-18-19(2)31(15-21-10-6-4-7-11-21)25(23(18)14-27)28-24(33)17-34-26-30-29-20(3)32(26)16-22-12-8-5-9-13-22/h4-13H,15-17H2,1-3H3,(H,28,33).